The second-order valence-corrected chi connectivity index (χ2v) is 5.89. The zero-order valence-electron chi connectivity index (χ0n) is 13.0. The number of nitriles is 1. The molecule has 4 nitrogen and oxygen atoms in total. The molecule has 120 valence electrons. The van der Waals surface area contributed by atoms with Crippen LogP contribution in [0.15, 0.2) is 48.7 Å². The fourth-order valence-electron chi connectivity index (χ4n) is 2.87. The second kappa shape index (κ2) is 6.77. The van der Waals surface area contributed by atoms with Crippen LogP contribution in [-0.4, -0.2) is 18.1 Å². The first-order valence-corrected chi connectivity index (χ1v) is 7.84. The maximum atomic E-state index is 11.9. The van der Waals surface area contributed by atoms with E-state index in [1.807, 2.05) is 42.5 Å². The number of carbonyl (C=O) groups is 1. The Hall–Kier alpha value is -2.77. The summed E-state index contributed by atoms with van der Waals surface area (Å²) in [6, 6.07) is 15.6. The second-order valence-electron chi connectivity index (χ2n) is 5.48. The number of hydrogen-bond donors (Lipinski definition) is 1. The third-order valence-corrected chi connectivity index (χ3v) is 4.38. The van der Waals surface area contributed by atoms with Crippen molar-refractivity contribution in [3.63, 3.8) is 0 Å². The molecular weight excluding hydrogens is 324 g/mol. The van der Waals surface area contributed by atoms with Crippen LogP contribution in [-0.2, 0) is 9.53 Å². The average molecular weight is 339 g/mol. The van der Waals surface area contributed by atoms with Crippen molar-refractivity contribution in [2.45, 2.75) is 12.3 Å². The normalized spacial score (nSPS) is 11.9. The highest BCUT2D eigenvalue weighted by molar-refractivity contribution is 6.35. The summed E-state index contributed by atoms with van der Waals surface area (Å²) in [5.74, 6) is -0.489. The van der Waals surface area contributed by atoms with Gasteiger partial charge in [0.15, 0.2) is 0 Å². The van der Waals surface area contributed by atoms with Crippen molar-refractivity contribution in [3.05, 3.63) is 70.4 Å². The van der Waals surface area contributed by atoms with Gasteiger partial charge < -0.3 is 9.72 Å². The molecule has 0 amide bonds. The Morgan fingerprint density at radius 2 is 2.04 bits per heavy atom. The summed E-state index contributed by atoms with van der Waals surface area (Å²) < 4.78 is 4.84. The van der Waals surface area contributed by atoms with E-state index >= 15 is 0 Å². The molecule has 1 unspecified atom stereocenters. The molecule has 24 heavy (non-hydrogen) atoms. The van der Waals surface area contributed by atoms with Crippen LogP contribution in [0.5, 0.6) is 0 Å². The van der Waals surface area contributed by atoms with Crippen LogP contribution < -0.4 is 0 Å². The first-order valence-electron chi connectivity index (χ1n) is 7.46. The quantitative estimate of drug-likeness (QED) is 0.717. The molecule has 5 heteroatoms. The Balaban J connectivity index is 2.15. The number of benzene rings is 2. The number of aromatic amines is 1. The van der Waals surface area contributed by atoms with Gasteiger partial charge in [-0.15, -0.1) is 0 Å². The van der Waals surface area contributed by atoms with Crippen molar-refractivity contribution in [3.8, 4) is 6.07 Å². The SMILES string of the molecule is COC(=O)CC(c1ccccc1)c1cc(Cl)c2[nH]cc(C#N)c2c1. The van der Waals surface area contributed by atoms with Gasteiger partial charge in [0, 0.05) is 17.5 Å². The number of carbonyl (C=O) groups excluding carboxylic acids is 1. The lowest BCUT2D eigenvalue weighted by molar-refractivity contribution is -0.140. The van der Waals surface area contributed by atoms with Crippen molar-refractivity contribution < 1.29 is 9.53 Å². The lowest BCUT2D eigenvalue weighted by Gasteiger charge is -2.17. The van der Waals surface area contributed by atoms with Gasteiger partial charge in [-0.05, 0) is 23.3 Å². The van der Waals surface area contributed by atoms with Gasteiger partial charge in [0.2, 0.25) is 0 Å². The highest BCUT2D eigenvalue weighted by Crippen LogP contribution is 2.35. The molecule has 1 N–H and O–H groups in total. The number of halogens is 1. The smallest absolute Gasteiger partial charge is 0.306 e. The third-order valence-electron chi connectivity index (χ3n) is 4.09. The number of ether oxygens (including phenoxy) is 1. The lowest BCUT2D eigenvalue weighted by Crippen LogP contribution is -2.10. The Morgan fingerprint density at radius 1 is 1.29 bits per heavy atom. The molecule has 3 aromatic rings. The molecule has 0 spiro atoms. The number of H-pyrrole nitrogens is 1. The fraction of sp³-hybridized carbons (Fsp3) is 0.158. The molecule has 0 radical (unpaired) electrons. The van der Waals surface area contributed by atoms with Gasteiger partial charge >= 0.3 is 5.97 Å². The lowest BCUT2D eigenvalue weighted by atomic mass is 9.87. The molecule has 1 atom stereocenters. The van der Waals surface area contributed by atoms with Gasteiger partial charge in [0.25, 0.3) is 0 Å². The van der Waals surface area contributed by atoms with E-state index in [2.05, 4.69) is 11.1 Å². The molecule has 0 fully saturated rings. The predicted octanol–water partition coefficient (Wildman–Crippen LogP) is 4.39. The Kier molecular flexibility index (Phi) is 4.54. The number of methoxy groups -OCH3 is 1. The van der Waals surface area contributed by atoms with Crippen molar-refractivity contribution in [1.29, 1.82) is 5.26 Å². The van der Waals surface area contributed by atoms with E-state index in [1.54, 1.807) is 6.20 Å². The van der Waals surface area contributed by atoms with E-state index in [-0.39, 0.29) is 18.3 Å². The molecule has 0 bridgehead atoms. The number of nitrogens with zero attached hydrogens (tertiary/aromatic N) is 1. The number of rotatable bonds is 4. The molecule has 1 heterocycles. The number of nitrogens with one attached hydrogen (secondary N) is 1. The Morgan fingerprint density at radius 3 is 2.71 bits per heavy atom. The zero-order valence-corrected chi connectivity index (χ0v) is 13.8. The summed E-state index contributed by atoms with van der Waals surface area (Å²) in [5, 5.41) is 10.5. The van der Waals surface area contributed by atoms with Crippen LogP contribution >= 0.6 is 11.6 Å². The standard InChI is InChI=1S/C19H15ClN2O2/c1-24-18(23)9-15(12-5-3-2-4-6-12)13-7-16-14(10-21)11-22-19(16)17(20)8-13/h2-8,11,15,22H,9H2,1H3. The number of esters is 1. The van der Waals surface area contributed by atoms with Crippen LogP contribution in [0.3, 0.4) is 0 Å². The van der Waals surface area contributed by atoms with E-state index in [0.29, 0.717) is 10.6 Å². The van der Waals surface area contributed by atoms with Crippen LogP contribution in [0.4, 0.5) is 0 Å². The third kappa shape index (κ3) is 2.99. The predicted molar refractivity (Wildman–Crippen MR) is 92.9 cm³/mol. The highest BCUT2D eigenvalue weighted by Gasteiger charge is 2.21. The summed E-state index contributed by atoms with van der Waals surface area (Å²) in [5.41, 5.74) is 3.12. The van der Waals surface area contributed by atoms with E-state index in [4.69, 9.17) is 16.3 Å². The highest BCUT2D eigenvalue weighted by atomic mass is 35.5. The van der Waals surface area contributed by atoms with Crippen LogP contribution in [0.1, 0.15) is 29.0 Å². The van der Waals surface area contributed by atoms with Gasteiger partial charge in [0.1, 0.15) is 6.07 Å². The fourth-order valence-corrected chi connectivity index (χ4v) is 3.15. The van der Waals surface area contributed by atoms with Gasteiger partial charge in [-0.2, -0.15) is 5.26 Å². The number of fused-ring (bicyclic) bond motifs is 1. The number of aromatic nitrogens is 1. The van der Waals surface area contributed by atoms with Gasteiger partial charge in [-0.25, -0.2) is 0 Å². The number of hydrogen-bond acceptors (Lipinski definition) is 3. The van der Waals surface area contributed by atoms with Crippen molar-refractivity contribution >= 4 is 28.5 Å². The first-order chi connectivity index (χ1) is 11.6. The van der Waals surface area contributed by atoms with E-state index in [0.717, 1.165) is 22.0 Å². The molecule has 0 aliphatic rings. The largest absolute Gasteiger partial charge is 0.469 e. The molecule has 0 aliphatic carbocycles. The molecule has 1 aromatic heterocycles. The topological polar surface area (TPSA) is 65.9 Å². The Bertz CT molecular complexity index is 926. The van der Waals surface area contributed by atoms with Gasteiger partial charge in [-0.3, -0.25) is 4.79 Å². The van der Waals surface area contributed by atoms with E-state index in [9.17, 15) is 10.1 Å². The summed E-state index contributed by atoms with van der Waals surface area (Å²) in [6.45, 7) is 0. The molecule has 0 aliphatic heterocycles. The monoisotopic (exact) mass is 338 g/mol. The molecule has 0 saturated carbocycles. The van der Waals surface area contributed by atoms with E-state index < -0.39 is 0 Å². The minimum Gasteiger partial charge on any atom is -0.469 e. The van der Waals surface area contributed by atoms with Crippen molar-refractivity contribution in [1.82, 2.24) is 4.98 Å². The zero-order chi connectivity index (χ0) is 17.1. The van der Waals surface area contributed by atoms with Crippen LogP contribution in [0.25, 0.3) is 10.9 Å². The molecule has 3 rings (SSSR count). The van der Waals surface area contributed by atoms with Crippen LogP contribution in [0.2, 0.25) is 5.02 Å². The molecule has 2 aromatic carbocycles. The minimum absolute atomic E-state index is 0.193. The van der Waals surface area contributed by atoms with Gasteiger partial charge in [0.05, 0.1) is 29.6 Å². The molecule has 0 saturated heterocycles. The molecular formula is C19H15ClN2O2. The summed E-state index contributed by atoms with van der Waals surface area (Å²) >= 11 is 6.38. The van der Waals surface area contributed by atoms with Crippen LogP contribution in [0, 0.1) is 11.3 Å². The first kappa shape index (κ1) is 16.1. The summed E-state index contributed by atoms with van der Waals surface area (Å²) in [6.07, 6.45) is 1.84. The summed E-state index contributed by atoms with van der Waals surface area (Å²) in [7, 11) is 1.38. The van der Waals surface area contributed by atoms with Gasteiger partial charge in [-0.1, -0.05) is 41.9 Å². The van der Waals surface area contributed by atoms with E-state index in [1.165, 1.54) is 7.11 Å². The maximum Gasteiger partial charge on any atom is 0.306 e. The summed E-state index contributed by atoms with van der Waals surface area (Å²) in [4.78, 5) is 14.9. The maximum absolute atomic E-state index is 11.9. The van der Waals surface area contributed by atoms with Crippen molar-refractivity contribution in [2.24, 2.45) is 0 Å². The van der Waals surface area contributed by atoms with Crippen molar-refractivity contribution in [2.75, 3.05) is 7.11 Å². The average Bonchev–Trinajstić information content (AvgIpc) is 3.03. The minimum atomic E-state index is -0.297. The Labute approximate surface area is 144 Å².